The molecule has 33 heavy (non-hydrogen) atoms. The van der Waals surface area contributed by atoms with Gasteiger partial charge in [-0.2, -0.15) is 0 Å². The average molecular weight is 448 g/mol. The van der Waals surface area contributed by atoms with Gasteiger partial charge in [-0.25, -0.2) is 4.79 Å². The summed E-state index contributed by atoms with van der Waals surface area (Å²) in [7, 11) is 9.95. The first-order valence-corrected chi connectivity index (χ1v) is 10.2. The molecular weight excluding hydrogens is 423 g/mol. The van der Waals surface area contributed by atoms with Gasteiger partial charge in [-0.15, -0.1) is 0 Å². The van der Waals surface area contributed by atoms with Gasteiger partial charge in [0.2, 0.25) is 0 Å². The second-order valence-corrected chi connectivity index (χ2v) is 7.04. The highest BCUT2D eigenvalue weighted by Crippen LogP contribution is 2.36. The lowest BCUT2D eigenvalue weighted by Gasteiger charge is -2.19. The molecule has 0 spiro atoms. The highest BCUT2D eigenvalue weighted by atomic mass is 16.5. The summed E-state index contributed by atoms with van der Waals surface area (Å²) in [6, 6.07) is 18.3. The molecule has 7 nitrogen and oxygen atoms in total. The number of methoxy groups -OCH3 is 3. The molecule has 8 heteroatoms. The smallest absolute Gasteiger partial charge is 0.378 e. The van der Waals surface area contributed by atoms with E-state index in [0.29, 0.717) is 11.3 Å². The second kappa shape index (κ2) is 11.8. The van der Waals surface area contributed by atoms with Crippen molar-refractivity contribution in [1.82, 2.24) is 0 Å². The van der Waals surface area contributed by atoms with Crippen molar-refractivity contribution in [1.29, 1.82) is 0 Å². The summed E-state index contributed by atoms with van der Waals surface area (Å²) in [5, 5.41) is 0. The van der Waals surface area contributed by atoms with E-state index in [1.165, 1.54) is 7.11 Å². The molecule has 0 atom stereocenters. The molecular formula is C25H25BO7. The molecule has 0 aliphatic rings. The van der Waals surface area contributed by atoms with E-state index in [4.69, 9.17) is 31.7 Å². The van der Waals surface area contributed by atoms with E-state index in [9.17, 15) is 4.79 Å². The van der Waals surface area contributed by atoms with Crippen LogP contribution >= 0.6 is 0 Å². The molecule has 0 aliphatic carbocycles. The van der Waals surface area contributed by atoms with Crippen LogP contribution in [0.3, 0.4) is 0 Å². The summed E-state index contributed by atoms with van der Waals surface area (Å²) in [5.74, 6) is 1.33. The van der Waals surface area contributed by atoms with Crippen LogP contribution in [0.5, 0.6) is 23.0 Å². The molecule has 170 valence electrons. The van der Waals surface area contributed by atoms with Gasteiger partial charge in [-0.05, 0) is 47.0 Å². The van der Waals surface area contributed by atoms with Crippen molar-refractivity contribution in [3.63, 3.8) is 0 Å². The minimum Gasteiger partial charge on any atom is -0.540 e. The van der Waals surface area contributed by atoms with Crippen molar-refractivity contribution < 1.29 is 33.1 Å². The van der Waals surface area contributed by atoms with Gasteiger partial charge in [0.15, 0.2) is 11.5 Å². The molecule has 3 aromatic rings. The number of hydrogen-bond donors (Lipinski definition) is 0. The van der Waals surface area contributed by atoms with E-state index >= 15 is 0 Å². The summed E-state index contributed by atoms with van der Waals surface area (Å²) < 4.78 is 32.2. The lowest BCUT2D eigenvalue weighted by atomic mass is 10.1. The largest absolute Gasteiger partial charge is 0.540 e. The van der Waals surface area contributed by atoms with E-state index in [2.05, 4.69) is 4.65 Å². The topological polar surface area (TPSA) is 72.5 Å². The van der Waals surface area contributed by atoms with Crippen LogP contribution in [0, 0.1) is 0 Å². The first-order valence-electron chi connectivity index (χ1n) is 10.2. The summed E-state index contributed by atoms with van der Waals surface area (Å²) in [5.41, 5.74) is 2.51. The fourth-order valence-corrected chi connectivity index (χ4v) is 3.18. The zero-order chi connectivity index (χ0) is 23.6. The van der Waals surface area contributed by atoms with Gasteiger partial charge < -0.3 is 28.3 Å². The van der Waals surface area contributed by atoms with E-state index in [1.54, 1.807) is 26.4 Å². The zero-order valence-corrected chi connectivity index (χ0v) is 18.8. The quantitative estimate of drug-likeness (QED) is 0.406. The fraction of sp³-hybridized carbons (Fsp3) is 0.240. The SMILES string of the molecule is [B]OC(=O)c1c(COC)ccc(OCc2ccc(OC)cc2)c1OCc1ccc(OC)cc1. The van der Waals surface area contributed by atoms with Crippen molar-refractivity contribution in [2.45, 2.75) is 19.8 Å². The maximum atomic E-state index is 12.6. The Morgan fingerprint density at radius 3 is 1.76 bits per heavy atom. The number of carbonyl (C=O) groups is 1. The number of carbonyl (C=O) groups excluding carboxylic acids is 1. The summed E-state index contributed by atoms with van der Waals surface area (Å²) in [6.45, 7) is 0.607. The van der Waals surface area contributed by atoms with Crippen LogP contribution in [-0.4, -0.2) is 35.3 Å². The zero-order valence-electron chi connectivity index (χ0n) is 18.8. The van der Waals surface area contributed by atoms with E-state index in [0.717, 1.165) is 22.6 Å². The van der Waals surface area contributed by atoms with Gasteiger partial charge in [-0.3, -0.25) is 0 Å². The standard InChI is InChI=1S/C25H25BO7/c1-28-16-19-8-13-22(31-14-17-4-9-20(29-2)10-5-17)24(23(19)25(27)33-26)32-15-18-6-11-21(30-3)12-7-18/h4-13H,14-16H2,1-3H3. The Kier molecular flexibility index (Phi) is 8.60. The third-order valence-electron chi connectivity index (χ3n) is 4.91. The minimum absolute atomic E-state index is 0.153. The predicted octanol–water partition coefficient (Wildman–Crippen LogP) is 4.25. The predicted molar refractivity (Wildman–Crippen MR) is 123 cm³/mol. The molecule has 0 aromatic heterocycles. The van der Waals surface area contributed by atoms with Crippen LogP contribution in [0.1, 0.15) is 27.0 Å². The molecule has 0 amide bonds. The van der Waals surface area contributed by atoms with Crippen LogP contribution < -0.4 is 18.9 Å². The molecule has 0 N–H and O–H groups in total. The van der Waals surface area contributed by atoms with Crippen molar-refractivity contribution in [2.24, 2.45) is 0 Å². The Morgan fingerprint density at radius 1 is 0.727 bits per heavy atom. The maximum absolute atomic E-state index is 12.6. The Bertz CT molecular complexity index is 1050. The van der Waals surface area contributed by atoms with Gasteiger partial charge in [0, 0.05) is 7.11 Å². The highest BCUT2D eigenvalue weighted by molar-refractivity contribution is 6.11. The third-order valence-corrected chi connectivity index (χ3v) is 4.91. The lowest BCUT2D eigenvalue weighted by molar-refractivity contribution is 0.0737. The number of hydrogen-bond acceptors (Lipinski definition) is 7. The average Bonchev–Trinajstić information content (AvgIpc) is 2.87. The first kappa shape index (κ1) is 24.0. The fourth-order valence-electron chi connectivity index (χ4n) is 3.18. The Hall–Kier alpha value is -3.65. The van der Waals surface area contributed by atoms with Crippen molar-refractivity contribution in [3.8, 4) is 23.0 Å². The van der Waals surface area contributed by atoms with Crippen molar-refractivity contribution >= 4 is 14.0 Å². The molecule has 0 heterocycles. The van der Waals surface area contributed by atoms with Gasteiger partial charge in [0.1, 0.15) is 30.3 Å². The van der Waals surface area contributed by atoms with E-state index < -0.39 is 5.97 Å². The maximum Gasteiger partial charge on any atom is 0.378 e. The molecule has 0 saturated heterocycles. The molecule has 2 radical (unpaired) electrons. The monoisotopic (exact) mass is 448 g/mol. The van der Waals surface area contributed by atoms with Gasteiger partial charge in [0.05, 0.1) is 20.8 Å². The van der Waals surface area contributed by atoms with E-state index in [1.807, 2.05) is 48.5 Å². The number of benzene rings is 3. The molecule has 0 aliphatic heterocycles. The lowest BCUT2D eigenvalue weighted by Crippen LogP contribution is -2.12. The van der Waals surface area contributed by atoms with Gasteiger partial charge in [0.25, 0.3) is 0 Å². The van der Waals surface area contributed by atoms with Gasteiger partial charge in [-0.1, -0.05) is 30.3 Å². The molecule has 3 aromatic carbocycles. The number of rotatable bonds is 11. The van der Waals surface area contributed by atoms with Crippen molar-refractivity contribution in [2.75, 3.05) is 21.3 Å². The summed E-state index contributed by atoms with van der Waals surface area (Å²) in [6.07, 6.45) is 0. The molecule has 0 bridgehead atoms. The van der Waals surface area contributed by atoms with Gasteiger partial charge >= 0.3 is 14.0 Å². The summed E-state index contributed by atoms with van der Waals surface area (Å²) in [4.78, 5) is 12.6. The third kappa shape index (κ3) is 6.20. The Balaban J connectivity index is 1.91. The molecule has 0 saturated carbocycles. The molecule has 0 fully saturated rings. The molecule has 3 rings (SSSR count). The van der Waals surface area contributed by atoms with Crippen LogP contribution in [0.4, 0.5) is 0 Å². The van der Waals surface area contributed by atoms with Crippen LogP contribution in [0.2, 0.25) is 0 Å². The Labute approximate surface area is 194 Å². The molecule has 0 unspecified atom stereocenters. The Morgan fingerprint density at radius 2 is 1.27 bits per heavy atom. The summed E-state index contributed by atoms with van der Waals surface area (Å²) >= 11 is 0. The second-order valence-electron chi connectivity index (χ2n) is 7.04. The minimum atomic E-state index is -0.748. The van der Waals surface area contributed by atoms with Crippen LogP contribution in [-0.2, 0) is 29.2 Å². The number of ether oxygens (including phenoxy) is 5. The van der Waals surface area contributed by atoms with Crippen LogP contribution in [0.15, 0.2) is 60.7 Å². The highest BCUT2D eigenvalue weighted by Gasteiger charge is 2.23. The van der Waals surface area contributed by atoms with E-state index in [-0.39, 0.29) is 31.1 Å². The first-order chi connectivity index (χ1) is 16.1. The normalized spacial score (nSPS) is 10.4. The van der Waals surface area contributed by atoms with Crippen molar-refractivity contribution in [3.05, 3.63) is 82.9 Å². The van der Waals surface area contributed by atoms with Crippen LogP contribution in [0.25, 0.3) is 0 Å².